The fourth-order valence-electron chi connectivity index (χ4n) is 2.16. The molecule has 0 aliphatic rings. The maximum Gasteiger partial charge on any atom is 0.308 e. The van der Waals surface area contributed by atoms with Crippen LogP contribution in [-0.4, -0.2) is 36.4 Å². The van der Waals surface area contributed by atoms with Gasteiger partial charge in [-0.1, -0.05) is 0 Å². The first-order chi connectivity index (χ1) is 10.2. The molecule has 0 saturated heterocycles. The summed E-state index contributed by atoms with van der Waals surface area (Å²) >= 11 is 0. The lowest BCUT2D eigenvalue weighted by Gasteiger charge is -2.18. The Morgan fingerprint density at radius 3 is 2.45 bits per heavy atom. The number of esters is 1. The molecule has 1 rings (SSSR count). The molecule has 22 heavy (non-hydrogen) atoms. The molecule has 5 heteroatoms. The molecule has 0 heterocycles. The molecule has 0 fully saturated rings. The molecule has 1 atom stereocenters. The number of nitrogens with two attached hydrogens (primary N) is 1. The van der Waals surface area contributed by atoms with E-state index in [1.54, 1.807) is 0 Å². The third-order valence-electron chi connectivity index (χ3n) is 3.54. The summed E-state index contributed by atoms with van der Waals surface area (Å²) in [6.45, 7) is 12.1. The minimum Gasteiger partial charge on any atom is -0.490 e. The van der Waals surface area contributed by atoms with Crippen molar-refractivity contribution in [2.45, 2.75) is 53.7 Å². The second-order valence-corrected chi connectivity index (χ2v) is 6.04. The predicted molar refractivity (Wildman–Crippen MR) is 85.4 cm³/mol. The number of carbonyl (C=O) groups is 1. The highest BCUT2D eigenvalue weighted by atomic mass is 16.5. The molecule has 1 aromatic rings. The minimum absolute atomic E-state index is 0.246. The van der Waals surface area contributed by atoms with Gasteiger partial charge >= 0.3 is 5.97 Å². The number of benzene rings is 1. The average Bonchev–Trinajstić information content (AvgIpc) is 2.43. The molecule has 5 nitrogen and oxygen atoms in total. The van der Waals surface area contributed by atoms with Gasteiger partial charge in [-0.25, -0.2) is 0 Å². The standard InChI is InChI=1S/C17H27NO4/c1-10(2)18-8-15(20)9-21-16-7-11(3)17(22-14(6)19)13(5)12(16)4/h7,10,15,18,20H,8-9H2,1-6H3/p+1/t15-/m0/s1. The van der Waals surface area contributed by atoms with Gasteiger partial charge in [-0.2, -0.15) is 0 Å². The number of ether oxygens (including phenoxy) is 2. The number of carbonyl (C=O) groups excluding carboxylic acids is 1. The molecule has 0 bridgehead atoms. The second-order valence-electron chi connectivity index (χ2n) is 6.04. The van der Waals surface area contributed by atoms with Crippen molar-refractivity contribution in [2.24, 2.45) is 0 Å². The summed E-state index contributed by atoms with van der Waals surface area (Å²) in [5.74, 6) is 0.972. The van der Waals surface area contributed by atoms with E-state index in [4.69, 9.17) is 9.47 Å². The highest BCUT2D eigenvalue weighted by Gasteiger charge is 2.15. The summed E-state index contributed by atoms with van der Waals surface area (Å²) in [7, 11) is 0. The number of rotatable bonds is 7. The van der Waals surface area contributed by atoms with Gasteiger partial charge in [0.15, 0.2) is 0 Å². The van der Waals surface area contributed by atoms with Gasteiger partial charge < -0.3 is 19.9 Å². The number of hydrogen-bond acceptors (Lipinski definition) is 4. The highest BCUT2D eigenvalue weighted by Crippen LogP contribution is 2.33. The van der Waals surface area contributed by atoms with E-state index in [1.807, 2.05) is 26.8 Å². The molecule has 0 aromatic heterocycles. The van der Waals surface area contributed by atoms with E-state index in [0.29, 0.717) is 18.3 Å². The van der Waals surface area contributed by atoms with Crippen molar-refractivity contribution >= 4 is 5.97 Å². The maximum atomic E-state index is 11.2. The van der Waals surface area contributed by atoms with Crippen molar-refractivity contribution in [1.82, 2.24) is 0 Å². The number of aliphatic hydroxyl groups is 1. The third kappa shape index (κ3) is 5.31. The lowest BCUT2D eigenvalue weighted by Crippen LogP contribution is -2.90. The molecule has 0 radical (unpaired) electrons. The third-order valence-corrected chi connectivity index (χ3v) is 3.54. The topological polar surface area (TPSA) is 72.4 Å². The largest absolute Gasteiger partial charge is 0.490 e. The number of hydrogen-bond donors (Lipinski definition) is 2. The van der Waals surface area contributed by atoms with Gasteiger partial charge in [-0.15, -0.1) is 0 Å². The molecule has 0 saturated carbocycles. The summed E-state index contributed by atoms with van der Waals surface area (Å²) < 4.78 is 11.0. The van der Waals surface area contributed by atoms with Crippen LogP contribution in [0.3, 0.4) is 0 Å². The fourth-order valence-corrected chi connectivity index (χ4v) is 2.16. The molecule has 0 amide bonds. The van der Waals surface area contributed by atoms with Gasteiger partial charge in [-0.3, -0.25) is 4.79 Å². The smallest absolute Gasteiger partial charge is 0.308 e. The Balaban J connectivity index is 2.78. The van der Waals surface area contributed by atoms with E-state index in [1.165, 1.54) is 6.92 Å². The first-order valence-corrected chi connectivity index (χ1v) is 7.65. The fraction of sp³-hybridized carbons (Fsp3) is 0.588. The monoisotopic (exact) mass is 310 g/mol. The number of aryl methyl sites for hydroxylation is 1. The quantitative estimate of drug-likeness (QED) is 0.587. The van der Waals surface area contributed by atoms with Gasteiger partial charge in [-0.05, 0) is 57.4 Å². The molecule has 0 unspecified atom stereocenters. The van der Waals surface area contributed by atoms with Gasteiger partial charge in [0.05, 0.1) is 6.04 Å². The zero-order chi connectivity index (χ0) is 16.9. The van der Waals surface area contributed by atoms with E-state index in [9.17, 15) is 9.90 Å². The second kappa shape index (κ2) is 8.15. The predicted octanol–water partition coefficient (Wildman–Crippen LogP) is 1.25. The Kier molecular flexibility index (Phi) is 6.84. The van der Waals surface area contributed by atoms with Crippen molar-refractivity contribution in [3.05, 3.63) is 22.8 Å². The van der Waals surface area contributed by atoms with E-state index >= 15 is 0 Å². The summed E-state index contributed by atoms with van der Waals surface area (Å²) in [6.07, 6.45) is -0.518. The van der Waals surface area contributed by atoms with Crippen molar-refractivity contribution in [3.63, 3.8) is 0 Å². The molecular weight excluding hydrogens is 282 g/mol. The van der Waals surface area contributed by atoms with Gasteiger partial charge in [0.25, 0.3) is 0 Å². The lowest BCUT2D eigenvalue weighted by molar-refractivity contribution is -0.688. The van der Waals surface area contributed by atoms with Crippen molar-refractivity contribution < 1.29 is 24.7 Å². The van der Waals surface area contributed by atoms with E-state index in [2.05, 4.69) is 19.2 Å². The zero-order valence-electron chi connectivity index (χ0n) is 14.4. The molecule has 0 aliphatic carbocycles. The van der Waals surface area contributed by atoms with Crippen LogP contribution in [-0.2, 0) is 4.79 Å². The summed E-state index contributed by atoms with van der Waals surface area (Å²) in [6, 6.07) is 2.29. The van der Waals surface area contributed by atoms with Crippen LogP contribution >= 0.6 is 0 Å². The summed E-state index contributed by atoms with van der Waals surface area (Å²) in [5.41, 5.74) is 2.65. The highest BCUT2D eigenvalue weighted by molar-refractivity contribution is 5.71. The van der Waals surface area contributed by atoms with Crippen LogP contribution in [0.2, 0.25) is 0 Å². The Bertz CT molecular complexity index is 526. The van der Waals surface area contributed by atoms with E-state index in [0.717, 1.165) is 22.4 Å². The zero-order valence-corrected chi connectivity index (χ0v) is 14.4. The Morgan fingerprint density at radius 2 is 1.91 bits per heavy atom. The van der Waals surface area contributed by atoms with Crippen molar-refractivity contribution in [3.8, 4) is 11.5 Å². The first-order valence-electron chi connectivity index (χ1n) is 7.65. The van der Waals surface area contributed by atoms with E-state index < -0.39 is 6.10 Å². The molecule has 124 valence electrons. The number of quaternary nitrogens is 1. The van der Waals surface area contributed by atoms with Gasteiger partial charge in [0.1, 0.15) is 30.8 Å². The van der Waals surface area contributed by atoms with Crippen LogP contribution in [0.5, 0.6) is 11.5 Å². The molecular formula is C17H28NO4+. The van der Waals surface area contributed by atoms with Crippen LogP contribution in [0.4, 0.5) is 0 Å². The molecule has 1 aromatic carbocycles. The summed E-state index contributed by atoms with van der Waals surface area (Å²) in [4.78, 5) is 11.2. The lowest BCUT2D eigenvalue weighted by atomic mass is 10.0. The van der Waals surface area contributed by atoms with Crippen LogP contribution in [0.15, 0.2) is 6.07 Å². The Labute approximate surface area is 132 Å². The number of aliphatic hydroxyl groups excluding tert-OH is 1. The summed E-state index contributed by atoms with van der Waals surface area (Å²) in [5, 5.41) is 12.0. The van der Waals surface area contributed by atoms with Crippen LogP contribution in [0.25, 0.3) is 0 Å². The average molecular weight is 310 g/mol. The van der Waals surface area contributed by atoms with Crippen LogP contribution < -0.4 is 14.8 Å². The van der Waals surface area contributed by atoms with Crippen molar-refractivity contribution in [1.29, 1.82) is 0 Å². The SMILES string of the molecule is CC(=O)Oc1c(C)cc(OC[C@@H](O)C[NH2+]C(C)C)c(C)c1C. The first kappa shape index (κ1) is 18.5. The molecule has 3 N–H and O–H groups in total. The normalized spacial score (nSPS) is 12.4. The van der Waals surface area contributed by atoms with Crippen LogP contribution in [0, 0.1) is 20.8 Å². The van der Waals surface area contributed by atoms with Crippen molar-refractivity contribution in [2.75, 3.05) is 13.2 Å². The van der Waals surface area contributed by atoms with E-state index in [-0.39, 0.29) is 12.6 Å². The molecule has 0 aliphatic heterocycles. The van der Waals surface area contributed by atoms with Gasteiger partial charge in [0.2, 0.25) is 0 Å². The minimum atomic E-state index is -0.518. The molecule has 0 spiro atoms. The Morgan fingerprint density at radius 1 is 1.27 bits per heavy atom. The van der Waals surface area contributed by atoms with Crippen LogP contribution in [0.1, 0.15) is 37.5 Å². The Hall–Kier alpha value is -1.59. The maximum absolute atomic E-state index is 11.2. The van der Waals surface area contributed by atoms with Gasteiger partial charge in [0, 0.05) is 6.92 Å².